The molecule has 1 aliphatic heterocycles. The number of benzene rings is 1. The lowest BCUT2D eigenvalue weighted by atomic mass is 10.2. The van der Waals surface area contributed by atoms with Crippen LogP contribution in [0.5, 0.6) is 0 Å². The number of carbonyl (C=O) groups is 1. The number of anilines is 1. The molecule has 1 aliphatic rings. The van der Waals surface area contributed by atoms with E-state index in [1.807, 2.05) is 25.1 Å². The van der Waals surface area contributed by atoms with Crippen LogP contribution in [0.2, 0.25) is 5.02 Å². The first-order valence-electron chi connectivity index (χ1n) is 6.11. The Morgan fingerprint density at radius 3 is 2.63 bits per heavy atom. The van der Waals surface area contributed by atoms with E-state index >= 15 is 0 Å². The van der Waals surface area contributed by atoms with Gasteiger partial charge in [-0.15, -0.1) is 0 Å². The summed E-state index contributed by atoms with van der Waals surface area (Å²) in [5, 5.41) is 4.57. The Morgan fingerprint density at radius 1 is 1.37 bits per heavy atom. The van der Waals surface area contributed by atoms with E-state index in [4.69, 9.17) is 23.8 Å². The van der Waals surface area contributed by atoms with Crippen LogP contribution in [0.1, 0.15) is 5.56 Å². The van der Waals surface area contributed by atoms with Gasteiger partial charge in [-0.3, -0.25) is 4.79 Å². The number of carbonyl (C=O) groups excluding carboxylic acids is 1. The summed E-state index contributed by atoms with van der Waals surface area (Å²) in [6.07, 6.45) is 0.883. The van der Waals surface area contributed by atoms with Crippen molar-refractivity contribution in [2.45, 2.75) is 6.92 Å². The first kappa shape index (κ1) is 14.1. The fourth-order valence-corrected chi connectivity index (χ4v) is 2.38. The molecule has 0 spiro atoms. The SMILES string of the molecule is Cc1ccc(NC(=S)N2CCN(C=O)CC2)cc1Cl. The predicted molar refractivity (Wildman–Crippen MR) is 81.6 cm³/mol. The third kappa shape index (κ3) is 3.58. The number of rotatable bonds is 2. The normalized spacial score (nSPS) is 15.3. The zero-order chi connectivity index (χ0) is 13.8. The quantitative estimate of drug-likeness (QED) is 0.670. The van der Waals surface area contributed by atoms with Crippen LogP contribution in [0, 0.1) is 6.92 Å². The minimum atomic E-state index is 0.672. The highest BCUT2D eigenvalue weighted by Gasteiger charge is 2.17. The van der Waals surface area contributed by atoms with Crippen LogP contribution in [-0.2, 0) is 4.79 Å². The van der Waals surface area contributed by atoms with Gasteiger partial charge in [0.2, 0.25) is 6.41 Å². The van der Waals surface area contributed by atoms with E-state index in [0.717, 1.165) is 35.8 Å². The standard InChI is InChI=1S/C13H16ClN3OS/c1-10-2-3-11(8-12(10)14)15-13(19)17-6-4-16(9-18)5-7-17/h2-3,8-9H,4-7H2,1H3,(H,15,19). The summed E-state index contributed by atoms with van der Waals surface area (Å²) in [4.78, 5) is 14.5. The van der Waals surface area contributed by atoms with Crippen molar-refractivity contribution in [3.05, 3.63) is 28.8 Å². The van der Waals surface area contributed by atoms with Gasteiger partial charge in [-0.2, -0.15) is 0 Å². The van der Waals surface area contributed by atoms with E-state index in [9.17, 15) is 4.79 Å². The Morgan fingerprint density at radius 2 is 2.05 bits per heavy atom. The number of piperazine rings is 1. The molecular weight excluding hydrogens is 282 g/mol. The maximum atomic E-state index is 10.6. The van der Waals surface area contributed by atoms with Crippen molar-refractivity contribution in [1.82, 2.24) is 9.80 Å². The molecule has 0 aliphatic carbocycles. The molecule has 0 atom stereocenters. The number of thiocarbonyl (C=S) groups is 1. The monoisotopic (exact) mass is 297 g/mol. The van der Waals surface area contributed by atoms with Gasteiger partial charge in [-0.1, -0.05) is 17.7 Å². The van der Waals surface area contributed by atoms with E-state index in [-0.39, 0.29) is 0 Å². The van der Waals surface area contributed by atoms with Crippen molar-refractivity contribution in [2.24, 2.45) is 0 Å². The Bertz CT molecular complexity index is 487. The molecule has 1 heterocycles. The van der Waals surface area contributed by atoms with Gasteiger partial charge >= 0.3 is 0 Å². The van der Waals surface area contributed by atoms with E-state index in [2.05, 4.69) is 10.2 Å². The lowest BCUT2D eigenvalue weighted by molar-refractivity contribution is -0.119. The zero-order valence-electron chi connectivity index (χ0n) is 10.7. The van der Waals surface area contributed by atoms with Crippen molar-refractivity contribution in [1.29, 1.82) is 0 Å². The smallest absolute Gasteiger partial charge is 0.209 e. The van der Waals surface area contributed by atoms with Crippen LogP contribution < -0.4 is 5.32 Å². The van der Waals surface area contributed by atoms with E-state index < -0.39 is 0 Å². The zero-order valence-corrected chi connectivity index (χ0v) is 12.3. The molecule has 1 saturated heterocycles. The summed E-state index contributed by atoms with van der Waals surface area (Å²) < 4.78 is 0. The minimum Gasteiger partial charge on any atom is -0.345 e. The largest absolute Gasteiger partial charge is 0.345 e. The second-order valence-corrected chi connectivity index (χ2v) is 5.32. The van der Waals surface area contributed by atoms with Crippen molar-refractivity contribution >= 4 is 41.0 Å². The Kier molecular flexibility index (Phi) is 4.61. The number of amides is 1. The Balaban J connectivity index is 1.94. The summed E-state index contributed by atoms with van der Waals surface area (Å²) in [5.41, 5.74) is 1.93. The summed E-state index contributed by atoms with van der Waals surface area (Å²) in [6.45, 7) is 4.89. The average molecular weight is 298 g/mol. The van der Waals surface area contributed by atoms with E-state index in [1.165, 1.54) is 0 Å². The molecule has 1 amide bonds. The number of aryl methyl sites for hydroxylation is 1. The second-order valence-electron chi connectivity index (χ2n) is 4.52. The first-order valence-corrected chi connectivity index (χ1v) is 6.90. The average Bonchev–Trinajstić information content (AvgIpc) is 2.43. The van der Waals surface area contributed by atoms with Gasteiger partial charge in [0.05, 0.1) is 0 Å². The van der Waals surface area contributed by atoms with Crippen LogP contribution in [0.25, 0.3) is 0 Å². The molecule has 1 fully saturated rings. The molecule has 0 aromatic heterocycles. The molecule has 4 nitrogen and oxygen atoms in total. The van der Waals surface area contributed by atoms with Gasteiger partial charge < -0.3 is 15.1 Å². The van der Waals surface area contributed by atoms with Gasteiger partial charge in [0.25, 0.3) is 0 Å². The van der Waals surface area contributed by atoms with Gasteiger partial charge in [-0.25, -0.2) is 0 Å². The maximum absolute atomic E-state index is 10.6. The highest BCUT2D eigenvalue weighted by atomic mass is 35.5. The van der Waals surface area contributed by atoms with Gasteiger partial charge in [-0.05, 0) is 36.8 Å². The van der Waals surface area contributed by atoms with E-state index in [1.54, 1.807) is 4.90 Å². The second kappa shape index (κ2) is 6.21. The maximum Gasteiger partial charge on any atom is 0.209 e. The number of halogens is 1. The summed E-state index contributed by atoms with van der Waals surface area (Å²) >= 11 is 11.5. The molecule has 6 heteroatoms. The number of hydrogen-bond acceptors (Lipinski definition) is 2. The fraction of sp³-hybridized carbons (Fsp3) is 0.385. The molecular formula is C13H16ClN3OS. The molecule has 19 heavy (non-hydrogen) atoms. The molecule has 0 bridgehead atoms. The number of nitrogens with one attached hydrogen (secondary N) is 1. The van der Waals surface area contributed by atoms with Gasteiger partial charge in [0.1, 0.15) is 0 Å². The summed E-state index contributed by atoms with van der Waals surface area (Å²) in [7, 11) is 0. The van der Waals surface area contributed by atoms with Crippen LogP contribution >= 0.6 is 23.8 Å². The molecule has 1 aromatic carbocycles. The van der Waals surface area contributed by atoms with Crippen molar-refractivity contribution < 1.29 is 4.79 Å². The third-order valence-electron chi connectivity index (χ3n) is 3.17. The van der Waals surface area contributed by atoms with Gasteiger partial charge in [0.15, 0.2) is 5.11 Å². The number of hydrogen-bond donors (Lipinski definition) is 1. The van der Waals surface area contributed by atoms with Crippen LogP contribution in [-0.4, -0.2) is 47.5 Å². The van der Waals surface area contributed by atoms with Crippen molar-refractivity contribution in [2.75, 3.05) is 31.5 Å². The summed E-state index contributed by atoms with van der Waals surface area (Å²) in [5.74, 6) is 0. The van der Waals surface area contributed by atoms with Crippen molar-refractivity contribution in [3.63, 3.8) is 0 Å². The highest BCUT2D eigenvalue weighted by Crippen LogP contribution is 2.20. The molecule has 102 valence electrons. The van der Waals surface area contributed by atoms with Crippen LogP contribution in [0.4, 0.5) is 5.69 Å². The lowest BCUT2D eigenvalue weighted by Gasteiger charge is -2.34. The Hall–Kier alpha value is -1.33. The molecule has 2 rings (SSSR count). The Labute approximate surface area is 123 Å². The van der Waals surface area contributed by atoms with Crippen LogP contribution in [0.3, 0.4) is 0 Å². The summed E-state index contributed by atoms with van der Waals surface area (Å²) in [6, 6.07) is 5.78. The van der Waals surface area contributed by atoms with E-state index in [0.29, 0.717) is 18.2 Å². The molecule has 1 N–H and O–H groups in total. The minimum absolute atomic E-state index is 0.672. The van der Waals surface area contributed by atoms with Crippen LogP contribution in [0.15, 0.2) is 18.2 Å². The fourth-order valence-electron chi connectivity index (χ4n) is 1.90. The first-order chi connectivity index (χ1) is 9.10. The topological polar surface area (TPSA) is 35.6 Å². The van der Waals surface area contributed by atoms with Crippen molar-refractivity contribution in [3.8, 4) is 0 Å². The molecule has 0 radical (unpaired) electrons. The molecule has 1 aromatic rings. The number of nitrogens with zero attached hydrogens (tertiary/aromatic N) is 2. The lowest BCUT2D eigenvalue weighted by Crippen LogP contribution is -2.49. The van der Waals surface area contributed by atoms with Gasteiger partial charge in [0, 0.05) is 36.9 Å². The predicted octanol–water partition coefficient (Wildman–Crippen LogP) is 2.12. The molecule has 0 saturated carbocycles. The third-order valence-corrected chi connectivity index (χ3v) is 3.94. The highest BCUT2D eigenvalue weighted by molar-refractivity contribution is 7.80. The molecule has 0 unspecified atom stereocenters.